The smallest absolute Gasteiger partial charge is 0.240 e. The number of likely N-dealkylation sites (tertiary alicyclic amines) is 1. The van der Waals surface area contributed by atoms with Crippen LogP contribution >= 0.6 is 11.3 Å². The van der Waals surface area contributed by atoms with Crippen molar-refractivity contribution >= 4 is 17.1 Å². The molecule has 0 aliphatic carbocycles. The number of Topliss-reactive ketones (excluding diaryl/α,β-unsaturated/α-hetero) is 1. The average molecular weight is 382 g/mol. The van der Waals surface area contributed by atoms with E-state index in [1.807, 2.05) is 35.7 Å². The third-order valence-electron chi connectivity index (χ3n) is 4.99. The Labute approximate surface area is 163 Å². The molecule has 4 rings (SSSR count). The lowest BCUT2D eigenvalue weighted by molar-refractivity contribution is 0.0801. The van der Waals surface area contributed by atoms with E-state index in [0.717, 1.165) is 49.5 Å². The highest BCUT2D eigenvalue weighted by atomic mass is 32.1. The lowest BCUT2D eigenvalue weighted by atomic mass is 9.93. The van der Waals surface area contributed by atoms with Crippen LogP contribution in [0.4, 0.5) is 0 Å². The standard InChI is InChI=1S/C21H23N3O2S/c25-21(18-9-5-13-27-18)17-8-4-12-24(14-17)15-20-22-19(23-26-20)11-10-16-6-2-1-3-7-16/h1-3,5-7,9,13,17H,4,8,10-12,14-15H2. The van der Waals surface area contributed by atoms with E-state index in [4.69, 9.17) is 4.52 Å². The molecule has 27 heavy (non-hydrogen) atoms. The van der Waals surface area contributed by atoms with Crippen LogP contribution in [-0.2, 0) is 19.4 Å². The second-order valence-electron chi connectivity index (χ2n) is 7.01. The molecule has 6 heteroatoms. The summed E-state index contributed by atoms with van der Waals surface area (Å²) < 4.78 is 5.44. The summed E-state index contributed by atoms with van der Waals surface area (Å²) in [5, 5.41) is 6.08. The SMILES string of the molecule is O=C(c1cccs1)C1CCCN(Cc2nc(CCc3ccccc3)no2)C1. The minimum Gasteiger partial charge on any atom is -0.338 e. The van der Waals surface area contributed by atoms with Gasteiger partial charge in [0.1, 0.15) is 0 Å². The van der Waals surface area contributed by atoms with E-state index in [9.17, 15) is 4.79 Å². The quantitative estimate of drug-likeness (QED) is 0.579. The van der Waals surface area contributed by atoms with Gasteiger partial charge in [0.25, 0.3) is 0 Å². The van der Waals surface area contributed by atoms with Crippen LogP contribution in [0.15, 0.2) is 52.4 Å². The molecule has 3 aromatic rings. The number of carbonyl (C=O) groups excluding carboxylic acids is 1. The van der Waals surface area contributed by atoms with Gasteiger partial charge >= 0.3 is 0 Å². The number of thiophene rings is 1. The highest BCUT2D eigenvalue weighted by molar-refractivity contribution is 7.12. The van der Waals surface area contributed by atoms with Crippen LogP contribution in [0.25, 0.3) is 0 Å². The predicted molar refractivity (Wildman–Crippen MR) is 105 cm³/mol. The Morgan fingerprint density at radius 3 is 2.89 bits per heavy atom. The number of aryl methyl sites for hydroxylation is 2. The first kappa shape index (κ1) is 18.1. The minimum atomic E-state index is 0.0675. The number of ketones is 1. The molecule has 0 amide bonds. The van der Waals surface area contributed by atoms with Crippen molar-refractivity contribution in [2.45, 2.75) is 32.2 Å². The Morgan fingerprint density at radius 2 is 2.07 bits per heavy atom. The molecular formula is C21H23N3O2S. The molecule has 1 atom stereocenters. The number of piperidine rings is 1. The molecule has 0 N–H and O–H groups in total. The Hall–Kier alpha value is -2.31. The largest absolute Gasteiger partial charge is 0.338 e. The van der Waals surface area contributed by atoms with Gasteiger partial charge < -0.3 is 4.52 Å². The number of aromatic nitrogens is 2. The van der Waals surface area contributed by atoms with Crippen molar-refractivity contribution in [3.63, 3.8) is 0 Å². The van der Waals surface area contributed by atoms with Crippen LogP contribution in [0.3, 0.4) is 0 Å². The van der Waals surface area contributed by atoms with E-state index in [1.54, 1.807) is 0 Å². The van der Waals surface area contributed by atoms with E-state index >= 15 is 0 Å². The Morgan fingerprint density at radius 1 is 1.19 bits per heavy atom. The van der Waals surface area contributed by atoms with E-state index < -0.39 is 0 Å². The molecule has 5 nitrogen and oxygen atoms in total. The second-order valence-corrected chi connectivity index (χ2v) is 7.95. The van der Waals surface area contributed by atoms with E-state index in [2.05, 4.69) is 27.2 Å². The van der Waals surface area contributed by atoms with Gasteiger partial charge in [-0.05, 0) is 42.8 Å². The Balaban J connectivity index is 1.31. The maximum Gasteiger partial charge on any atom is 0.240 e. The maximum absolute atomic E-state index is 12.6. The third-order valence-corrected chi connectivity index (χ3v) is 5.87. The average Bonchev–Trinajstić information content (AvgIpc) is 3.39. The van der Waals surface area contributed by atoms with Crippen molar-refractivity contribution in [3.8, 4) is 0 Å². The maximum atomic E-state index is 12.6. The molecule has 2 aromatic heterocycles. The van der Waals surface area contributed by atoms with Gasteiger partial charge in [0.05, 0.1) is 11.4 Å². The number of nitrogens with zero attached hydrogens (tertiary/aromatic N) is 3. The zero-order valence-electron chi connectivity index (χ0n) is 15.2. The molecule has 1 aliphatic rings. The number of hydrogen-bond acceptors (Lipinski definition) is 6. The van der Waals surface area contributed by atoms with Gasteiger partial charge in [-0.25, -0.2) is 0 Å². The van der Waals surface area contributed by atoms with Crippen LogP contribution in [-0.4, -0.2) is 33.9 Å². The first-order valence-electron chi connectivity index (χ1n) is 9.43. The molecule has 0 radical (unpaired) electrons. The zero-order valence-corrected chi connectivity index (χ0v) is 16.0. The van der Waals surface area contributed by atoms with E-state index in [1.165, 1.54) is 16.9 Å². The Bertz CT molecular complexity index is 861. The number of benzene rings is 1. The van der Waals surface area contributed by atoms with Gasteiger partial charge in [0.15, 0.2) is 11.6 Å². The molecule has 1 fully saturated rings. The van der Waals surface area contributed by atoms with Gasteiger partial charge in [-0.1, -0.05) is 41.6 Å². The highest BCUT2D eigenvalue weighted by Crippen LogP contribution is 2.24. The van der Waals surface area contributed by atoms with Crippen LogP contribution in [0.5, 0.6) is 0 Å². The summed E-state index contributed by atoms with van der Waals surface area (Å²) in [5.41, 5.74) is 1.27. The van der Waals surface area contributed by atoms with Gasteiger partial charge in [0, 0.05) is 18.9 Å². The zero-order chi connectivity index (χ0) is 18.5. The topological polar surface area (TPSA) is 59.2 Å². The van der Waals surface area contributed by atoms with Crippen molar-refractivity contribution in [3.05, 3.63) is 70.0 Å². The van der Waals surface area contributed by atoms with Crippen LogP contribution in [0, 0.1) is 5.92 Å². The Kier molecular flexibility index (Phi) is 5.75. The molecule has 140 valence electrons. The lowest BCUT2D eigenvalue weighted by Gasteiger charge is -2.30. The van der Waals surface area contributed by atoms with Crippen molar-refractivity contribution in [1.29, 1.82) is 0 Å². The first-order valence-corrected chi connectivity index (χ1v) is 10.3. The third kappa shape index (κ3) is 4.70. The fourth-order valence-corrected chi connectivity index (χ4v) is 4.32. The van der Waals surface area contributed by atoms with Crippen LogP contribution < -0.4 is 0 Å². The molecule has 0 saturated carbocycles. The summed E-state index contributed by atoms with van der Waals surface area (Å²) in [6, 6.07) is 14.2. The predicted octanol–water partition coefficient (Wildman–Crippen LogP) is 4.01. The fraction of sp³-hybridized carbons (Fsp3) is 0.381. The summed E-state index contributed by atoms with van der Waals surface area (Å²) in [6.07, 6.45) is 3.66. The highest BCUT2D eigenvalue weighted by Gasteiger charge is 2.28. The van der Waals surface area contributed by atoms with Crippen LogP contribution in [0.2, 0.25) is 0 Å². The summed E-state index contributed by atoms with van der Waals surface area (Å²) >= 11 is 1.53. The van der Waals surface area contributed by atoms with Crippen LogP contribution in [0.1, 0.15) is 39.8 Å². The summed E-state index contributed by atoms with van der Waals surface area (Å²) in [4.78, 5) is 20.3. The molecule has 1 unspecified atom stereocenters. The molecule has 0 spiro atoms. The van der Waals surface area contributed by atoms with Gasteiger partial charge in [-0.2, -0.15) is 4.98 Å². The number of rotatable bonds is 7. The van der Waals surface area contributed by atoms with E-state index in [0.29, 0.717) is 12.4 Å². The van der Waals surface area contributed by atoms with Crippen molar-refractivity contribution in [1.82, 2.24) is 15.0 Å². The second kappa shape index (κ2) is 8.59. The van der Waals surface area contributed by atoms with Gasteiger partial charge in [0.2, 0.25) is 5.89 Å². The van der Waals surface area contributed by atoms with Gasteiger partial charge in [-0.15, -0.1) is 11.3 Å². The number of hydrogen-bond donors (Lipinski definition) is 0. The van der Waals surface area contributed by atoms with E-state index in [-0.39, 0.29) is 11.7 Å². The van der Waals surface area contributed by atoms with Crippen molar-refractivity contribution in [2.24, 2.45) is 5.92 Å². The van der Waals surface area contributed by atoms with Crippen molar-refractivity contribution < 1.29 is 9.32 Å². The summed E-state index contributed by atoms with van der Waals surface area (Å²) in [7, 11) is 0. The molecule has 1 aromatic carbocycles. The summed E-state index contributed by atoms with van der Waals surface area (Å²) in [5.74, 6) is 1.72. The van der Waals surface area contributed by atoms with Gasteiger partial charge in [-0.3, -0.25) is 9.69 Å². The minimum absolute atomic E-state index is 0.0675. The lowest BCUT2D eigenvalue weighted by Crippen LogP contribution is -2.38. The molecule has 1 aliphatic heterocycles. The fourth-order valence-electron chi connectivity index (χ4n) is 3.58. The monoisotopic (exact) mass is 381 g/mol. The molecule has 0 bridgehead atoms. The summed E-state index contributed by atoms with van der Waals surface area (Å²) in [6.45, 7) is 2.35. The molecule has 1 saturated heterocycles. The first-order chi connectivity index (χ1) is 13.3. The molecule has 3 heterocycles. The normalized spacial score (nSPS) is 17.9. The number of carbonyl (C=O) groups is 1. The van der Waals surface area contributed by atoms with Crippen molar-refractivity contribution in [2.75, 3.05) is 13.1 Å². The molecular weight excluding hydrogens is 358 g/mol.